The molecule has 2 unspecified atom stereocenters. The molecule has 3 atom stereocenters. The van der Waals surface area contributed by atoms with Gasteiger partial charge in [0.1, 0.15) is 18.2 Å². The molecule has 1 saturated carbocycles. The maximum absolute atomic E-state index is 14.0. The average Bonchev–Trinajstić information content (AvgIpc) is 2.86. The summed E-state index contributed by atoms with van der Waals surface area (Å²) in [6.45, 7) is 6.42. The fraction of sp³-hybridized carbons (Fsp3) is 0.500. The molecule has 1 saturated heterocycles. The molecule has 8 nitrogen and oxygen atoms in total. The number of aliphatic hydroxyl groups excluding tert-OH is 1. The fourth-order valence-electron chi connectivity index (χ4n) is 5.04. The molecule has 4 rings (SSSR count). The van der Waals surface area contributed by atoms with E-state index >= 15 is 0 Å². The molecule has 1 aromatic heterocycles. The highest BCUT2D eigenvalue weighted by atomic mass is 16.3. The predicted molar refractivity (Wildman–Crippen MR) is 137 cm³/mol. The zero-order valence-corrected chi connectivity index (χ0v) is 21.2. The number of nitrogens with one attached hydrogen (secondary N) is 1. The van der Waals surface area contributed by atoms with Crippen LogP contribution in [0.2, 0.25) is 0 Å². The molecule has 190 valence electrons. The van der Waals surface area contributed by atoms with Gasteiger partial charge in [-0.15, -0.1) is 0 Å². The molecule has 1 aliphatic carbocycles. The van der Waals surface area contributed by atoms with Crippen LogP contribution in [0.3, 0.4) is 0 Å². The zero-order valence-electron chi connectivity index (χ0n) is 21.2. The van der Waals surface area contributed by atoms with Crippen LogP contribution >= 0.6 is 0 Å². The van der Waals surface area contributed by atoms with Gasteiger partial charge in [-0.1, -0.05) is 58.2 Å². The van der Waals surface area contributed by atoms with Gasteiger partial charge in [-0.3, -0.25) is 24.4 Å². The smallest absolute Gasteiger partial charge is 0.254 e. The normalized spacial score (nSPS) is 21.1. The first-order valence-electron chi connectivity index (χ1n) is 12.7. The Kier molecular flexibility index (Phi) is 7.60. The molecule has 0 spiro atoms. The standard InChI is InChI=1S/C28H35N5O3/c1-28(2,3)20-11-13-22(14-12-20)33(27(36)25-23(34)17-32(25)18-29)24(19-8-7-15-30-16-19)26(35)31-21-9-5-4-6-10-21/h7-8,11-16,21,23-25,34H,4-6,9-10,17H2,1-3H3,(H,31,35)/t23?,24?,25-/m1/s1. The number of nitriles is 1. The maximum Gasteiger partial charge on any atom is 0.254 e. The molecule has 2 aromatic rings. The maximum atomic E-state index is 14.0. The van der Waals surface area contributed by atoms with E-state index in [0.717, 1.165) is 37.7 Å². The first kappa shape index (κ1) is 25.6. The Morgan fingerprint density at radius 1 is 1.17 bits per heavy atom. The summed E-state index contributed by atoms with van der Waals surface area (Å²) >= 11 is 0. The number of aromatic nitrogens is 1. The van der Waals surface area contributed by atoms with Crippen molar-refractivity contribution in [2.45, 2.75) is 82.5 Å². The molecule has 36 heavy (non-hydrogen) atoms. The van der Waals surface area contributed by atoms with Crippen molar-refractivity contribution in [2.75, 3.05) is 11.4 Å². The van der Waals surface area contributed by atoms with Gasteiger partial charge in [0.25, 0.3) is 5.91 Å². The number of anilines is 1. The number of amides is 2. The third kappa shape index (κ3) is 5.36. The van der Waals surface area contributed by atoms with Crippen molar-refractivity contribution in [3.63, 3.8) is 0 Å². The molecule has 2 heterocycles. The third-order valence-electron chi connectivity index (χ3n) is 7.17. The Balaban J connectivity index is 1.77. The number of likely N-dealkylation sites (tertiary alicyclic amines) is 1. The van der Waals surface area contributed by atoms with E-state index in [0.29, 0.717) is 11.3 Å². The SMILES string of the molecule is CC(C)(C)c1ccc(N(C(=O)[C@H]2C(O)CN2C#N)C(C(=O)NC2CCCCC2)c2cccnc2)cc1. The number of benzene rings is 1. The van der Waals surface area contributed by atoms with E-state index in [1.807, 2.05) is 30.5 Å². The minimum absolute atomic E-state index is 0.0514. The first-order valence-corrected chi connectivity index (χ1v) is 12.7. The van der Waals surface area contributed by atoms with E-state index in [1.165, 1.54) is 9.80 Å². The molecular weight excluding hydrogens is 454 g/mol. The number of aliphatic hydroxyl groups is 1. The van der Waals surface area contributed by atoms with E-state index in [-0.39, 0.29) is 23.9 Å². The van der Waals surface area contributed by atoms with Crippen molar-refractivity contribution in [3.05, 3.63) is 59.9 Å². The van der Waals surface area contributed by atoms with Gasteiger partial charge in [-0.05, 0) is 42.0 Å². The van der Waals surface area contributed by atoms with Crippen molar-refractivity contribution in [1.82, 2.24) is 15.2 Å². The molecule has 2 amide bonds. The molecule has 0 radical (unpaired) electrons. The van der Waals surface area contributed by atoms with Gasteiger partial charge in [0.05, 0.1) is 6.54 Å². The summed E-state index contributed by atoms with van der Waals surface area (Å²) in [6, 6.07) is 9.09. The Morgan fingerprint density at radius 2 is 1.86 bits per heavy atom. The van der Waals surface area contributed by atoms with E-state index in [2.05, 4.69) is 31.1 Å². The van der Waals surface area contributed by atoms with Crippen LogP contribution in [-0.4, -0.2) is 51.5 Å². The second-order valence-electron chi connectivity index (χ2n) is 10.8. The summed E-state index contributed by atoms with van der Waals surface area (Å²) in [5, 5.41) is 23.1. The van der Waals surface area contributed by atoms with Gasteiger partial charge in [-0.2, -0.15) is 5.26 Å². The number of carbonyl (C=O) groups excluding carboxylic acids is 2. The van der Waals surface area contributed by atoms with Crippen LogP contribution in [0.5, 0.6) is 0 Å². The number of hydrogen-bond donors (Lipinski definition) is 2. The zero-order chi connectivity index (χ0) is 25.9. The van der Waals surface area contributed by atoms with Crippen molar-refractivity contribution in [2.24, 2.45) is 0 Å². The van der Waals surface area contributed by atoms with Gasteiger partial charge >= 0.3 is 0 Å². The molecule has 8 heteroatoms. The van der Waals surface area contributed by atoms with Crippen LogP contribution in [0.1, 0.15) is 70.0 Å². The van der Waals surface area contributed by atoms with Crippen LogP contribution in [0.15, 0.2) is 48.8 Å². The van der Waals surface area contributed by atoms with Crippen LogP contribution in [0.25, 0.3) is 0 Å². The lowest BCUT2D eigenvalue weighted by atomic mass is 9.87. The number of pyridine rings is 1. The molecule has 1 aliphatic heterocycles. The molecule has 2 fully saturated rings. The van der Waals surface area contributed by atoms with Crippen molar-refractivity contribution < 1.29 is 14.7 Å². The minimum atomic E-state index is -1.04. The van der Waals surface area contributed by atoms with Crippen LogP contribution in [-0.2, 0) is 15.0 Å². The molecule has 2 aliphatic rings. The van der Waals surface area contributed by atoms with Crippen LogP contribution in [0, 0.1) is 11.5 Å². The monoisotopic (exact) mass is 489 g/mol. The number of β-amino-alcohol motifs (C(OH)–C–C–N with tert-alkyl or cyclic N) is 1. The number of carbonyl (C=O) groups is 2. The number of hydrogen-bond acceptors (Lipinski definition) is 6. The van der Waals surface area contributed by atoms with Gasteiger partial charge in [0.15, 0.2) is 6.19 Å². The molecule has 2 N–H and O–H groups in total. The second kappa shape index (κ2) is 10.7. The number of nitrogens with zero attached hydrogens (tertiary/aromatic N) is 4. The highest BCUT2D eigenvalue weighted by Crippen LogP contribution is 2.34. The Hall–Kier alpha value is -3.44. The van der Waals surface area contributed by atoms with Gasteiger partial charge in [0.2, 0.25) is 5.91 Å². The Bertz CT molecular complexity index is 1100. The average molecular weight is 490 g/mol. The van der Waals surface area contributed by atoms with E-state index in [4.69, 9.17) is 0 Å². The highest BCUT2D eigenvalue weighted by molar-refractivity contribution is 6.04. The van der Waals surface area contributed by atoms with Gasteiger partial charge in [-0.25, -0.2) is 0 Å². The van der Waals surface area contributed by atoms with E-state index in [1.54, 1.807) is 24.5 Å². The molecule has 0 bridgehead atoms. The lowest BCUT2D eigenvalue weighted by Crippen LogP contribution is -2.65. The van der Waals surface area contributed by atoms with Crippen molar-refractivity contribution >= 4 is 17.5 Å². The van der Waals surface area contributed by atoms with Crippen LogP contribution in [0.4, 0.5) is 5.69 Å². The first-order chi connectivity index (χ1) is 17.2. The second-order valence-corrected chi connectivity index (χ2v) is 10.8. The topological polar surface area (TPSA) is 110 Å². The number of rotatable bonds is 6. The summed E-state index contributed by atoms with van der Waals surface area (Å²) in [5.74, 6) is -0.785. The van der Waals surface area contributed by atoms with Crippen molar-refractivity contribution in [1.29, 1.82) is 5.26 Å². The summed E-state index contributed by atoms with van der Waals surface area (Å²) in [6.07, 6.45) is 9.31. The van der Waals surface area contributed by atoms with E-state index < -0.39 is 24.1 Å². The van der Waals surface area contributed by atoms with E-state index in [9.17, 15) is 20.0 Å². The summed E-state index contributed by atoms with van der Waals surface area (Å²) in [7, 11) is 0. The third-order valence-corrected chi connectivity index (χ3v) is 7.17. The van der Waals surface area contributed by atoms with Crippen LogP contribution < -0.4 is 10.2 Å². The Labute approximate surface area is 212 Å². The minimum Gasteiger partial charge on any atom is -0.389 e. The van der Waals surface area contributed by atoms with Crippen molar-refractivity contribution in [3.8, 4) is 6.19 Å². The highest BCUT2D eigenvalue weighted by Gasteiger charge is 2.48. The molecular formula is C28H35N5O3. The Morgan fingerprint density at radius 3 is 2.42 bits per heavy atom. The van der Waals surface area contributed by atoms with Gasteiger partial charge in [0, 0.05) is 29.7 Å². The summed E-state index contributed by atoms with van der Waals surface area (Å²) < 4.78 is 0. The lowest BCUT2D eigenvalue weighted by molar-refractivity contribution is -0.137. The predicted octanol–water partition coefficient (Wildman–Crippen LogP) is 3.43. The summed E-state index contributed by atoms with van der Waals surface area (Å²) in [4.78, 5) is 34.7. The largest absolute Gasteiger partial charge is 0.389 e. The molecule has 1 aromatic carbocycles. The quantitative estimate of drug-likeness (QED) is 0.602. The lowest BCUT2D eigenvalue weighted by Gasteiger charge is -2.44. The summed E-state index contributed by atoms with van der Waals surface area (Å²) in [5.41, 5.74) is 2.09. The fourth-order valence-corrected chi connectivity index (χ4v) is 5.04. The van der Waals surface area contributed by atoms with Gasteiger partial charge < -0.3 is 10.4 Å².